The summed E-state index contributed by atoms with van der Waals surface area (Å²) in [6.07, 6.45) is 0.398. The van der Waals surface area contributed by atoms with Crippen LogP contribution in [0.3, 0.4) is 0 Å². The van der Waals surface area contributed by atoms with E-state index in [4.69, 9.17) is 0 Å². The quantitative estimate of drug-likeness (QED) is 0.412. The van der Waals surface area contributed by atoms with Crippen molar-refractivity contribution >= 4 is 28.0 Å². The molecule has 148 valence electrons. The molecule has 3 N–H and O–H groups in total. The number of rotatable bonds is 5. The number of imidazole rings is 2. The molecule has 1 atom stereocenters. The molecule has 0 spiro atoms. The summed E-state index contributed by atoms with van der Waals surface area (Å²) >= 11 is 0. The van der Waals surface area contributed by atoms with Crippen molar-refractivity contribution in [2.45, 2.75) is 12.5 Å². The number of carbonyl (C=O) groups is 1. The van der Waals surface area contributed by atoms with Crippen molar-refractivity contribution in [2.75, 3.05) is 0 Å². The topological polar surface area (TPSA) is 86.5 Å². The Morgan fingerprint density at radius 1 is 0.900 bits per heavy atom. The molecule has 0 fully saturated rings. The molecular weight excluding hydrogens is 381 g/mol. The fourth-order valence-electron chi connectivity index (χ4n) is 3.52. The number of para-hydroxylation sites is 4. The molecule has 0 aliphatic carbocycles. The SMILES string of the molecule is O=C(NC(Cc1nc2ccccc2[nH]1)c1nc2ccccc2[nH]1)c1cccc(F)c1. The van der Waals surface area contributed by atoms with Crippen LogP contribution in [0.1, 0.15) is 28.0 Å². The monoisotopic (exact) mass is 399 g/mol. The van der Waals surface area contributed by atoms with E-state index in [-0.39, 0.29) is 11.5 Å². The number of hydrogen-bond acceptors (Lipinski definition) is 3. The Morgan fingerprint density at radius 2 is 1.60 bits per heavy atom. The highest BCUT2D eigenvalue weighted by molar-refractivity contribution is 5.94. The number of aromatic nitrogens is 4. The summed E-state index contributed by atoms with van der Waals surface area (Å²) in [6.45, 7) is 0. The summed E-state index contributed by atoms with van der Waals surface area (Å²) in [6, 6.07) is 20.5. The van der Waals surface area contributed by atoms with Crippen LogP contribution < -0.4 is 5.32 Å². The van der Waals surface area contributed by atoms with Gasteiger partial charge in [0.2, 0.25) is 0 Å². The van der Waals surface area contributed by atoms with E-state index in [1.807, 2.05) is 48.5 Å². The third-order valence-electron chi connectivity index (χ3n) is 4.97. The van der Waals surface area contributed by atoms with E-state index >= 15 is 0 Å². The number of amides is 1. The van der Waals surface area contributed by atoms with Crippen LogP contribution in [-0.2, 0) is 6.42 Å². The Balaban J connectivity index is 1.50. The van der Waals surface area contributed by atoms with Crippen molar-refractivity contribution in [1.82, 2.24) is 25.3 Å². The van der Waals surface area contributed by atoms with Gasteiger partial charge in [-0.25, -0.2) is 14.4 Å². The van der Waals surface area contributed by atoms with E-state index in [0.717, 1.165) is 27.9 Å². The lowest BCUT2D eigenvalue weighted by Gasteiger charge is -2.16. The van der Waals surface area contributed by atoms with Gasteiger partial charge in [-0.15, -0.1) is 0 Å². The smallest absolute Gasteiger partial charge is 0.251 e. The molecule has 0 radical (unpaired) electrons. The summed E-state index contributed by atoms with van der Waals surface area (Å²) in [5, 5.41) is 2.97. The van der Waals surface area contributed by atoms with Crippen molar-refractivity contribution in [1.29, 1.82) is 0 Å². The highest BCUT2D eigenvalue weighted by Crippen LogP contribution is 2.21. The second-order valence-electron chi connectivity index (χ2n) is 7.08. The zero-order chi connectivity index (χ0) is 20.5. The molecule has 7 heteroatoms. The van der Waals surface area contributed by atoms with Gasteiger partial charge in [-0.1, -0.05) is 30.3 Å². The first-order valence-corrected chi connectivity index (χ1v) is 9.60. The van der Waals surface area contributed by atoms with Crippen LogP contribution in [0.5, 0.6) is 0 Å². The number of carbonyl (C=O) groups excluding carboxylic acids is 1. The van der Waals surface area contributed by atoms with Crippen LogP contribution in [0.15, 0.2) is 72.8 Å². The lowest BCUT2D eigenvalue weighted by Crippen LogP contribution is -2.31. The van der Waals surface area contributed by atoms with Gasteiger partial charge in [-0.3, -0.25) is 4.79 Å². The maximum atomic E-state index is 13.6. The Hall–Kier alpha value is -4.00. The summed E-state index contributed by atoms with van der Waals surface area (Å²) < 4.78 is 13.6. The number of fused-ring (bicyclic) bond motifs is 2. The van der Waals surface area contributed by atoms with Gasteiger partial charge in [-0.05, 0) is 42.5 Å². The molecule has 0 saturated carbocycles. The molecule has 2 heterocycles. The van der Waals surface area contributed by atoms with Crippen LogP contribution in [0.25, 0.3) is 22.1 Å². The summed E-state index contributed by atoms with van der Waals surface area (Å²) in [5.74, 6) is 0.499. The summed E-state index contributed by atoms with van der Waals surface area (Å²) in [7, 11) is 0. The van der Waals surface area contributed by atoms with Gasteiger partial charge in [-0.2, -0.15) is 0 Å². The largest absolute Gasteiger partial charge is 0.342 e. The van der Waals surface area contributed by atoms with E-state index in [2.05, 4.69) is 25.3 Å². The van der Waals surface area contributed by atoms with Crippen molar-refractivity contribution in [3.8, 4) is 0 Å². The van der Waals surface area contributed by atoms with Crippen molar-refractivity contribution in [2.24, 2.45) is 0 Å². The van der Waals surface area contributed by atoms with Gasteiger partial charge in [0.25, 0.3) is 5.91 Å². The maximum absolute atomic E-state index is 13.6. The minimum Gasteiger partial charge on any atom is -0.342 e. The number of benzene rings is 3. The second kappa shape index (κ2) is 7.44. The van der Waals surface area contributed by atoms with Crippen LogP contribution in [-0.4, -0.2) is 25.8 Å². The van der Waals surface area contributed by atoms with Crippen LogP contribution in [0.2, 0.25) is 0 Å². The lowest BCUT2D eigenvalue weighted by atomic mass is 10.1. The van der Waals surface area contributed by atoms with Gasteiger partial charge >= 0.3 is 0 Å². The van der Waals surface area contributed by atoms with E-state index in [1.165, 1.54) is 18.2 Å². The molecule has 0 aliphatic heterocycles. The Labute approximate surface area is 171 Å². The van der Waals surface area contributed by atoms with Crippen molar-refractivity contribution in [3.05, 3.63) is 95.8 Å². The standard InChI is InChI=1S/C23H18FN5O/c24-15-7-5-6-14(12-15)23(30)29-20(22-27-18-10-3-4-11-19(18)28-22)13-21-25-16-8-1-2-9-17(16)26-21/h1-12,20H,13H2,(H,25,26)(H,27,28)(H,29,30). The highest BCUT2D eigenvalue weighted by Gasteiger charge is 2.21. The van der Waals surface area contributed by atoms with E-state index in [9.17, 15) is 9.18 Å². The first-order valence-electron chi connectivity index (χ1n) is 9.60. The lowest BCUT2D eigenvalue weighted by molar-refractivity contribution is 0.0934. The zero-order valence-electron chi connectivity index (χ0n) is 15.9. The number of aromatic amines is 2. The van der Waals surface area contributed by atoms with Crippen LogP contribution in [0, 0.1) is 5.82 Å². The van der Waals surface area contributed by atoms with Gasteiger partial charge in [0.15, 0.2) is 0 Å². The summed E-state index contributed by atoms with van der Waals surface area (Å²) in [5.41, 5.74) is 3.71. The van der Waals surface area contributed by atoms with Gasteiger partial charge < -0.3 is 15.3 Å². The second-order valence-corrected chi connectivity index (χ2v) is 7.08. The Bertz CT molecular complexity index is 1290. The normalized spacial score (nSPS) is 12.3. The molecule has 5 aromatic rings. The van der Waals surface area contributed by atoms with Gasteiger partial charge in [0.05, 0.1) is 28.1 Å². The van der Waals surface area contributed by atoms with Gasteiger partial charge in [0, 0.05) is 12.0 Å². The average molecular weight is 399 g/mol. The number of nitrogens with one attached hydrogen (secondary N) is 3. The third kappa shape index (κ3) is 3.53. The van der Waals surface area contributed by atoms with Crippen molar-refractivity contribution < 1.29 is 9.18 Å². The third-order valence-corrected chi connectivity index (χ3v) is 4.97. The fraction of sp³-hybridized carbons (Fsp3) is 0.0870. The number of H-pyrrole nitrogens is 2. The number of hydrogen-bond donors (Lipinski definition) is 3. The fourth-order valence-corrected chi connectivity index (χ4v) is 3.52. The summed E-state index contributed by atoms with van der Waals surface area (Å²) in [4.78, 5) is 28.6. The molecule has 6 nitrogen and oxygen atoms in total. The maximum Gasteiger partial charge on any atom is 0.251 e. The van der Waals surface area contributed by atoms with Crippen LogP contribution >= 0.6 is 0 Å². The highest BCUT2D eigenvalue weighted by atomic mass is 19.1. The van der Waals surface area contributed by atoms with Crippen molar-refractivity contribution in [3.63, 3.8) is 0 Å². The van der Waals surface area contributed by atoms with Crippen LogP contribution in [0.4, 0.5) is 4.39 Å². The predicted molar refractivity (Wildman–Crippen MR) is 112 cm³/mol. The minimum absolute atomic E-state index is 0.251. The first-order chi connectivity index (χ1) is 14.7. The molecule has 0 aliphatic rings. The van der Waals surface area contributed by atoms with E-state index in [0.29, 0.717) is 12.2 Å². The molecule has 3 aromatic carbocycles. The minimum atomic E-state index is -0.478. The van der Waals surface area contributed by atoms with E-state index in [1.54, 1.807) is 6.07 Å². The molecule has 2 aromatic heterocycles. The average Bonchev–Trinajstić information content (AvgIpc) is 3.36. The molecule has 0 bridgehead atoms. The molecule has 30 heavy (non-hydrogen) atoms. The Morgan fingerprint density at radius 3 is 2.30 bits per heavy atom. The molecule has 0 saturated heterocycles. The predicted octanol–water partition coefficient (Wildman–Crippen LogP) is 4.29. The molecule has 1 unspecified atom stereocenters. The molecule has 5 rings (SSSR count). The number of halogens is 1. The first kappa shape index (κ1) is 18.1. The zero-order valence-corrected chi connectivity index (χ0v) is 15.9. The number of nitrogens with zero attached hydrogens (tertiary/aromatic N) is 2. The molecule has 1 amide bonds. The Kier molecular flexibility index (Phi) is 4.48. The van der Waals surface area contributed by atoms with Gasteiger partial charge in [0.1, 0.15) is 17.5 Å². The van der Waals surface area contributed by atoms with E-state index < -0.39 is 11.9 Å². The molecular formula is C23H18FN5O.